The monoisotopic (exact) mass is 562 g/mol. The van der Waals surface area contributed by atoms with Crippen molar-refractivity contribution in [1.29, 1.82) is 0 Å². The molecule has 37 heavy (non-hydrogen) atoms. The van der Waals surface area contributed by atoms with E-state index in [-0.39, 0.29) is 16.5 Å². The second-order valence-corrected chi connectivity index (χ2v) is 9.30. The zero-order valence-corrected chi connectivity index (χ0v) is 21.8. The molecule has 3 N–H and O–H groups in total. The number of nitrogens with zero attached hydrogens (tertiary/aromatic N) is 1. The highest BCUT2D eigenvalue weighted by Crippen LogP contribution is 2.30. The van der Waals surface area contributed by atoms with Gasteiger partial charge in [-0.3, -0.25) is 25.2 Å². The van der Waals surface area contributed by atoms with Crippen LogP contribution in [0.3, 0.4) is 0 Å². The SMILES string of the molecule is Cc1c(C(=O)NNC(=O)COc2ccc(Cl)cc2Cl)oc2c1/C(=N/NC(=O)c1ccccc1Cl)CCC2. The molecule has 0 fully saturated rings. The second-order valence-electron chi connectivity index (χ2n) is 8.05. The molecule has 0 saturated heterocycles. The number of aryl methyl sites for hydroxylation is 1. The molecular formula is C25H21Cl3N4O5. The fourth-order valence-electron chi connectivity index (χ4n) is 3.78. The molecule has 2 aromatic carbocycles. The maximum Gasteiger partial charge on any atom is 0.305 e. The first kappa shape index (κ1) is 26.5. The van der Waals surface area contributed by atoms with Gasteiger partial charge in [0.1, 0.15) is 11.5 Å². The Hall–Kier alpha value is -3.53. The molecule has 0 atom stereocenters. The number of nitrogens with one attached hydrogen (secondary N) is 3. The van der Waals surface area contributed by atoms with E-state index in [9.17, 15) is 14.4 Å². The van der Waals surface area contributed by atoms with Crippen molar-refractivity contribution in [2.24, 2.45) is 5.10 Å². The maximum atomic E-state index is 12.7. The van der Waals surface area contributed by atoms with E-state index in [0.717, 1.165) is 6.42 Å². The minimum Gasteiger partial charge on any atom is -0.482 e. The first-order valence-corrected chi connectivity index (χ1v) is 12.3. The van der Waals surface area contributed by atoms with Gasteiger partial charge in [0, 0.05) is 22.6 Å². The largest absolute Gasteiger partial charge is 0.482 e. The van der Waals surface area contributed by atoms with Crippen molar-refractivity contribution in [1.82, 2.24) is 16.3 Å². The Bertz CT molecular complexity index is 1400. The molecule has 0 spiro atoms. The summed E-state index contributed by atoms with van der Waals surface area (Å²) in [6, 6.07) is 11.2. The van der Waals surface area contributed by atoms with E-state index in [2.05, 4.69) is 21.4 Å². The van der Waals surface area contributed by atoms with E-state index in [4.69, 9.17) is 44.0 Å². The van der Waals surface area contributed by atoms with Crippen molar-refractivity contribution < 1.29 is 23.5 Å². The number of ether oxygens (including phenoxy) is 1. The summed E-state index contributed by atoms with van der Waals surface area (Å²) in [7, 11) is 0. The fraction of sp³-hybridized carbons (Fsp3) is 0.200. The Balaban J connectivity index is 1.39. The number of rotatable bonds is 6. The number of amides is 3. The van der Waals surface area contributed by atoms with Gasteiger partial charge in [-0.1, -0.05) is 46.9 Å². The van der Waals surface area contributed by atoms with Gasteiger partial charge in [0.25, 0.3) is 11.8 Å². The molecular weight excluding hydrogens is 543 g/mol. The highest BCUT2D eigenvalue weighted by atomic mass is 35.5. The smallest absolute Gasteiger partial charge is 0.305 e. The number of carbonyl (C=O) groups excluding carboxylic acids is 3. The Kier molecular flexibility index (Phi) is 8.38. The molecule has 192 valence electrons. The lowest BCUT2D eigenvalue weighted by Crippen LogP contribution is -2.43. The summed E-state index contributed by atoms with van der Waals surface area (Å²) < 4.78 is 11.1. The number of hydrogen-bond donors (Lipinski definition) is 3. The van der Waals surface area contributed by atoms with Crippen LogP contribution in [0.1, 0.15) is 50.6 Å². The molecule has 0 unspecified atom stereocenters. The molecule has 1 heterocycles. The van der Waals surface area contributed by atoms with Crippen LogP contribution in [0.5, 0.6) is 5.75 Å². The fourth-order valence-corrected chi connectivity index (χ4v) is 4.46. The lowest BCUT2D eigenvalue weighted by molar-refractivity contribution is -0.123. The highest BCUT2D eigenvalue weighted by Gasteiger charge is 2.28. The van der Waals surface area contributed by atoms with Crippen LogP contribution in [0, 0.1) is 6.92 Å². The van der Waals surface area contributed by atoms with Gasteiger partial charge in [-0.05, 0) is 50.1 Å². The van der Waals surface area contributed by atoms with Crippen molar-refractivity contribution in [3.8, 4) is 5.75 Å². The summed E-state index contributed by atoms with van der Waals surface area (Å²) in [5.74, 6) is -0.836. The van der Waals surface area contributed by atoms with Gasteiger partial charge in [0.15, 0.2) is 12.4 Å². The number of halogens is 3. The van der Waals surface area contributed by atoms with Gasteiger partial charge in [0.05, 0.1) is 21.3 Å². The van der Waals surface area contributed by atoms with Gasteiger partial charge in [-0.2, -0.15) is 5.10 Å². The van der Waals surface area contributed by atoms with Crippen molar-refractivity contribution in [3.05, 3.63) is 85.7 Å². The standard InChI is InChI=1S/C25H21Cl3N4O5/c1-13-22-18(29-31-24(34)15-5-2-3-6-16(15)27)7-4-8-20(22)37-23(13)25(35)32-30-21(33)12-36-19-10-9-14(26)11-17(19)28/h2-3,5-6,9-11H,4,7-8,12H2,1H3,(H,30,33)(H,31,34)(H,32,35)/b29-18+. The van der Waals surface area contributed by atoms with Crippen LogP contribution in [0.15, 0.2) is 52.0 Å². The number of hydrazine groups is 1. The van der Waals surface area contributed by atoms with Crippen molar-refractivity contribution in [3.63, 3.8) is 0 Å². The van der Waals surface area contributed by atoms with Gasteiger partial charge < -0.3 is 9.15 Å². The Morgan fingerprint density at radius 2 is 1.78 bits per heavy atom. The normalized spacial score (nSPS) is 13.6. The third-order valence-electron chi connectivity index (χ3n) is 5.51. The molecule has 3 amide bonds. The molecule has 0 bridgehead atoms. The van der Waals surface area contributed by atoms with Gasteiger partial charge in [-0.15, -0.1) is 0 Å². The third kappa shape index (κ3) is 6.25. The van der Waals surface area contributed by atoms with Crippen LogP contribution in [0.25, 0.3) is 0 Å². The molecule has 0 radical (unpaired) electrons. The van der Waals surface area contributed by atoms with E-state index >= 15 is 0 Å². The van der Waals surface area contributed by atoms with E-state index in [1.807, 2.05) is 0 Å². The maximum absolute atomic E-state index is 12.7. The van der Waals surface area contributed by atoms with Gasteiger partial charge >= 0.3 is 5.91 Å². The number of hydrogen-bond acceptors (Lipinski definition) is 6. The lowest BCUT2D eigenvalue weighted by atomic mass is 9.93. The summed E-state index contributed by atoms with van der Waals surface area (Å²) >= 11 is 17.9. The summed E-state index contributed by atoms with van der Waals surface area (Å²) in [5, 5.41) is 5.27. The van der Waals surface area contributed by atoms with Crippen molar-refractivity contribution >= 4 is 58.2 Å². The molecule has 3 aromatic rings. The number of benzene rings is 2. The zero-order chi connectivity index (χ0) is 26.5. The quantitative estimate of drug-likeness (QED) is 0.370. The Morgan fingerprint density at radius 1 is 1.00 bits per heavy atom. The summed E-state index contributed by atoms with van der Waals surface area (Å²) in [4.78, 5) is 37.4. The van der Waals surface area contributed by atoms with E-state index < -0.39 is 24.3 Å². The van der Waals surface area contributed by atoms with Crippen molar-refractivity contribution in [2.45, 2.75) is 26.2 Å². The van der Waals surface area contributed by atoms with Crippen LogP contribution in [0.4, 0.5) is 0 Å². The summed E-state index contributed by atoms with van der Waals surface area (Å²) in [6.45, 7) is 1.32. The van der Waals surface area contributed by atoms with Crippen LogP contribution in [0.2, 0.25) is 15.1 Å². The Labute approximate surface area is 227 Å². The third-order valence-corrected chi connectivity index (χ3v) is 6.37. The number of hydrazone groups is 1. The molecule has 9 nitrogen and oxygen atoms in total. The molecule has 0 saturated carbocycles. The van der Waals surface area contributed by atoms with Crippen molar-refractivity contribution in [2.75, 3.05) is 6.61 Å². The minimum atomic E-state index is -0.649. The molecule has 1 aliphatic rings. The highest BCUT2D eigenvalue weighted by molar-refractivity contribution is 6.35. The van der Waals surface area contributed by atoms with Crippen LogP contribution >= 0.6 is 34.8 Å². The molecule has 1 aliphatic carbocycles. The van der Waals surface area contributed by atoms with Crippen LogP contribution < -0.4 is 21.0 Å². The van der Waals surface area contributed by atoms with Gasteiger partial charge in [-0.25, -0.2) is 5.43 Å². The predicted molar refractivity (Wildman–Crippen MR) is 139 cm³/mol. The van der Waals surface area contributed by atoms with Gasteiger partial charge in [0.2, 0.25) is 0 Å². The average molecular weight is 564 g/mol. The number of furan rings is 1. The Morgan fingerprint density at radius 3 is 2.54 bits per heavy atom. The van der Waals surface area contributed by atoms with Crippen LogP contribution in [-0.4, -0.2) is 30.0 Å². The number of carbonyl (C=O) groups is 3. The molecule has 1 aromatic heterocycles. The predicted octanol–water partition coefficient (Wildman–Crippen LogP) is 4.86. The summed E-state index contributed by atoms with van der Waals surface area (Å²) in [6.07, 6.45) is 1.91. The first-order chi connectivity index (χ1) is 17.7. The van der Waals surface area contributed by atoms with E-state index in [1.54, 1.807) is 37.3 Å². The van der Waals surface area contributed by atoms with E-state index in [0.29, 0.717) is 51.0 Å². The zero-order valence-electron chi connectivity index (χ0n) is 19.5. The van der Waals surface area contributed by atoms with E-state index in [1.165, 1.54) is 12.1 Å². The second kappa shape index (κ2) is 11.7. The summed E-state index contributed by atoms with van der Waals surface area (Å²) in [5.41, 5.74) is 9.18. The van der Waals surface area contributed by atoms with Crippen LogP contribution in [-0.2, 0) is 11.2 Å². The number of fused-ring (bicyclic) bond motifs is 1. The average Bonchev–Trinajstić information content (AvgIpc) is 3.22. The first-order valence-electron chi connectivity index (χ1n) is 11.2. The molecule has 0 aliphatic heterocycles. The minimum absolute atomic E-state index is 0.0268. The topological polar surface area (TPSA) is 122 Å². The lowest BCUT2D eigenvalue weighted by Gasteiger charge is -2.13. The molecule has 4 rings (SSSR count). The molecule has 12 heteroatoms.